The number of hydrogen-bond donors (Lipinski definition) is 2. The topological polar surface area (TPSA) is 68.3 Å². The van der Waals surface area contributed by atoms with E-state index in [9.17, 15) is 0 Å². The molecule has 0 fully saturated rings. The summed E-state index contributed by atoms with van der Waals surface area (Å²) in [7, 11) is 1.66. The molecule has 2 aromatic heterocycles. The Labute approximate surface area is 146 Å². The maximum absolute atomic E-state index is 6.12. The van der Waals surface area contributed by atoms with Crippen molar-refractivity contribution in [2.24, 2.45) is 4.99 Å². The summed E-state index contributed by atoms with van der Waals surface area (Å²) in [6.45, 7) is 4.02. The molecule has 0 unspecified atom stereocenters. The number of nitrogens with one attached hydrogen (secondary N) is 1. The standard InChI is InChI=1S/C20H20N4O/c1-12-8-13(2)24(21)19(12)10-18-20(25-3)11-17(23-18)16-9-14-6-4-5-7-15(14)22-16/h4-11,22H,21H2,1-3H3/b18-10-. The summed E-state index contributed by atoms with van der Waals surface area (Å²) in [6, 6.07) is 12.3. The summed E-state index contributed by atoms with van der Waals surface area (Å²) in [4.78, 5) is 8.16. The predicted molar refractivity (Wildman–Crippen MR) is 102 cm³/mol. The van der Waals surface area contributed by atoms with Crippen LogP contribution in [0.25, 0.3) is 17.0 Å². The smallest absolute Gasteiger partial charge is 0.146 e. The molecule has 5 heteroatoms. The van der Waals surface area contributed by atoms with Gasteiger partial charge in [0, 0.05) is 22.7 Å². The van der Waals surface area contributed by atoms with Gasteiger partial charge in [0.15, 0.2) is 0 Å². The molecular weight excluding hydrogens is 312 g/mol. The molecule has 3 N–H and O–H groups in total. The molecule has 25 heavy (non-hydrogen) atoms. The molecule has 0 spiro atoms. The van der Waals surface area contributed by atoms with E-state index >= 15 is 0 Å². The van der Waals surface area contributed by atoms with Crippen LogP contribution in [0.5, 0.6) is 0 Å². The monoisotopic (exact) mass is 332 g/mol. The molecule has 3 heterocycles. The Balaban J connectivity index is 1.79. The second kappa shape index (κ2) is 5.70. The van der Waals surface area contributed by atoms with Crippen molar-refractivity contribution >= 4 is 22.7 Å². The third-order valence-electron chi connectivity index (χ3n) is 4.53. The Bertz CT molecular complexity index is 1030. The van der Waals surface area contributed by atoms with Crippen LogP contribution < -0.4 is 5.84 Å². The lowest BCUT2D eigenvalue weighted by atomic mass is 10.2. The zero-order valence-electron chi connectivity index (χ0n) is 14.5. The van der Waals surface area contributed by atoms with Crippen molar-refractivity contribution in [3.05, 3.63) is 76.6 Å². The fraction of sp³-hybridized carbons (Fsp3) is 0.150. The highest BCUT2D eigenvalue weighted by Gasteiger charge is 2.19. The number of allylic oxidation sites excluding steroid dienone is 1. The summed E-state index contributed by atoms with van der Waals surface area (Å²) in [5, 5.41) is 1.16. The highest BCUT2D eigenvalue weighted by atomic mass is 16.5. The maximum Gasteiger partial charge on any atom is 0.146 e. The SMILES string of the molecule is COC1=CC(c2cc3ccccc3[nH]2)=N/C1=C\c1c(C)cc(C)n1N. The number of fused-ring (bicyclic) bond motifs is 1. The molecule has 4 rings (SSSR count). The number of H-pyrrole nitrogens is 1. The van der Waals surface area contributed by atoms with E-state index in [1.54, 1.807) is 11.8 Å². The zero-order chi connectivity index (χ0) is 17.6. The van der Waals surface area contributed by atoms with Crippen molar-refractivity contribution in [3.63, 3.8) is 0 Å². The highest BCUT2D eigenvalue weighted by molar-refractivity contribution is 6.13. The highest BCUT2D eigenvalue weighted by Crippen LogP contribution is 2.27. The van der Waals surface area contributed by atoms with Crippen LogP contribution in [0.15, 0.2) is 58.9 Å². The molecule has 0 amide bonds. The molecule has 0 bridgehead atoms. The van der Waals surface area contributed by atoms with Crippen LogP contribution >= 0.6 is 0 Å². The van der Waals surface area contributed by atoms with Gasteiger partial charge in [0.2, 0.25) is 0 Å². The second-order valence-electron chi connectivity index (χ2n) is 6.23. The van der Waals surface area contributed by atoms with Crippen LogP contribution in [0.4, 0.5) is 0 Å². The Kier molecular flexibility index (Phi) is 3.50. The van der Waals surface area contributed by atoms with E-state index in [2.05, 4.69) is 29.2 Å². The molecule has 0 saturated heterocycles. The summed E-state index contributed by atoms with van der Waals surface area (Å²) in [5.41, 5.74) is 6.72. The Hall–Kier alpha value is -3.21. The average Bonchev–Trinajstić information content (AvgIpc) is 3.27. The van der Waals surface area contributed by atoms with Gasteiger partial charge in [0.05, 0.1) is 24.2 Å². The van der Waals surface area contributed by atoms with Crippen LogP contribution in [0.3, 0.4) is 0 Å². The lowest BCUT2D eigenvalue weighted by Crippen LogP contribution is -2.12. The number of nitrogens with zero attached hydrogens (tertiary/aromatic N) is 2. The number of benzene rings is 1. The van der Waals surface area contributed by atoms with Gasteiger partial charge in [0.25, 0.3) is 0 Å². The first kappa shape index (κ1) is 15.3. The van der Waals surface area contributed by atoms with Gasteiger partial charge in [-0.1, -0.05) is 18.2 Å². The van der Waals surface area contributed by atoms with Gasteiger partial charge in [-0.2, -0.15) is 0 Å². The summed E-state index contributed by atoms with van der Waals surface area (Å²) >= 11 is 0. The number of para-hydroxylation sites is 1. The summed E-state index contributed by atoms with van der Waals surface area (Å²) in [5.74, 6) is 6.85. The van der Waals surface area contributed by atoms with Gasteiger partial charge >= 0.3 is 0 Å². The lowest BCUT2D eigenvalue weighted by Gasteiger charge is -2.04. The molecule has 126 valence electrons. The number of nitrogen functional groups attached to an aromatic ring is 1. The number of methoxy groups -OCH3 is 1. The third kappa shape index (κ3) is 2.54. The first-order valence-corrected chi connectivity index (χ1v) is 8.15. The van der Waals surface area contributed by atoms with Crippen molar-refractivity contribution in [2.75, 3.05) is 13.0 Å². The van der Waals surface area contributed by atoms with Crippen molar-refractivity contribution in [1.29, 1.82) is 0 Å². The molecule has 0 saturated carbocycles. The number of nitrogens with two attached hydrogens (primary N) is 1. The van der Waals surface area contributed by atoms with Crippen molar-refractivity contribution in [2.45, 2.75) is 13.8 Å². The molecule has 1 aliphatic heterocycles. The number of aryl methyl sites for hydroxylation is 2. The van der Waals surface area contributed by atoms with E-state index in [4.69, 9.17) is 15.6 Å². The van der Waals surface area contributed by atoms with Gasteiger partial charge in [-0.15, -0.1) is 0 Å². The van der Waals surface area contributed by atoms with Crippen molar-refractivity contribution in [3.8, 4) is 0 Å². The molecular formula is C20H20N4O. The first-order chi connectivity index (χ1) is 12.1. The Morgan fingerprint density at radius 1 is 1.20 bits per heavy atom. The lowest BCUT2D eigenvalue weighted by molar-refractivity contribution is 0.303. The van der Waals surface area contributed by atoms with Crippen LogP contribution in [-0.4, -0.2) is 22.5 Å². The largest absolute Gasteiger partial charge is 0.494 e. The molecule has 5 nitrogen and oxygen atoms in total. The number of rotatable bonds is 3. The van der Waals surface area contributed by atoms with Crippen LogP contribution in [0.2, 0.25) is 0 Å². The van der Waals surface area contributed by atoms with Gasteiger partial charge in [-0.05, 0) is 43.7 Å². The number of ether oxygens (including phenoxy) is 1. The fourth-order valence-corrected chi connectivity index (χ4v) is 3.18. The Morgan fingerprint density at radius 2 is 2.00 bits per heavy atom. The van der Waals surface area contributed by atoms with Crippen molar-refractivity contribution < 1.29 is 4.74 Å². The Morgan fingerprint density at radius 3 is 2.68 bits per heavy atom. The average molecular weight is 332 g/mol. The van der Waals surface area contributed by atoms with E-state index < -0.39 is 0 Å². The maximum atomic E-state index is 6.12. The molecule has 3 aromatic rings. The minimum atomic E-state index is 0.729. The van der Waals surface area contributed by atoms with Gasteiger partial charge in [-0.3, -0.25) is 4.68 Å². The number of hydrogen-bond acceptors (Lipinski definition) is 3. The normalized spacial score (nSPS) is 15.7. The molecule has 1 aliphatic rings. The summed E-state index contributed by atoms with van der Waals surface area (Å²) in [6.07, 6.45) is 3.91. The quantitative estimate of drug-likeness (QED) is 0.719. The van der Waals surface area contributed by atoms with Crippen LogP contribution in [-0.2, 0) is 4.74 Å². The van der Waals surface area contributed by atoms with E-state index in [1.807, 2.05) is 38.1 Å². The second-order valence-corrected chi connectivity index (χ2v) is 6.23. The van der Waals surface area contributed by atoms with Crippen LogP contribution in [0.1, 0.15) is 22.6 Å². The van der Waals surface area contributed by atoms with Crippen molar-refractivity contribution in [1.82, 2.24) is 9.66 Å². The van der Waals surface area contributed by atoms with E-state index in [0.717, 1.165) is 50.7 Å². The van der Waals surface area contributed by atoms with E-state index in [1.165, 1.54) is 0 Å². The zero-order valence-corrected chi connectivity index (χ0v) is 14.5. The molecule has 0 atom stereocenters. The molecule has 1 aromatic carbocycles. The molecule has 0 radical (unpaired) electrons. The predicted octanol–water partition coefficient (Wildman–Crippen LogP) is 3.67. The number of aromatic nitrogens is 2. The molecule has 0 aliphatic carbocycles. The third-order valence-corrected chi connectivity index (χ3v) is 4.53. The van der Waals surface area contributed by atoms with Crippen LogP contribution in [0, 0.1) is 13.8 Å². The first-order valence-electron chi connectivity index (χ1n) is 8.15. The van der Waals surface area contributed by atoms with Gasteiger partial charge < -0.3 is 15.6 Å². The van der Waals surface area contributed by atoms with E-state index in [-0.39, 0.29) is 0 Å². The minimum Gasteiger partial charge on any atom is -0.494 e. The van der Waals surface area contributed by atoms with E-state index in [0.29, 0.717) is 0 Å². The van der Waals surface area contributed by atoms with Gasteiger partial charge in [0.1, 0.15) is 11.5 Å². The number of aliphatic imine (C=N–C) groups is 1. The summed E-state index contributed by atoms with van der Waals surface area (Å²) < 4.78 is 7.20. The van der Waals surface area contributed by atoms with Gasteiger partial charge in [-0.25, -0.2) is 4.99 Å². The fourth-order valence-electron chi connectivity index (χ4n) is 3.18. The minimum absolute atomic E-state index is 0.729. The number of aromatic amines is 1.